The Bertz CT molecular complexity index is 357. The third-order valence-electron chi connectivity index (χ3n) is 1.77. The van der Waals surface area contributed by atoms with Gasteiger partial charge in [-0.3, -0.25) is 14.5 Å². The Balaban J connectivity index is 3.13. The molecule has 1 aromatic rings. The molecule has 0 aliphatic heterocycles. The predicted molar refractivity (Wildman–Crippen MR) is 59.9 cm³/mol. The van der Waals surface area contributed by atoms with E-state index in [1.807, 2.05) is 22.6 Å². The van der Waals surface area contributed by atoms with Gasteiger partial charge in [0.25, 0.3) is 5.69 Å². The van der Waals surface area contributed by atoms with Gasteiger partial charge in [0.1, 0.15) is 0 Å². The molecule has 5 heteroatoms. The maximum Gasteiger partial charge on any atom is 0.270 e. The zero-order chi connectivity index (χ0) is 10.7. The van der Waals surface area contributed by atoms with E-state index in [1.165, 1.54) is 12.1 Å². The second-order valence-electron chi connectivity index (χ2n) is 2.85. The molecule has 1 atom stereocenters. The lowest BCUT2D eigenvalue weighted by molar-refractivity contribution is -0.385. The van der Waals surface area contributed by atoms with E-state index in [0.717, 1.165) is 0 Å². The summed E-state index contributed by atoms with van der Waals surface area (Å²) >= 11 is 1.96. The molecule has 0 aliphatic carbocycles. The van der Waals surface area contributed by atoms with E-state index in [9.17, 15) is 14.5 Å². The maximum atomic E-state index is 12.3. The highest BCUT2D eigenvalue weighted by Crippen LogP contribution is 2.24. The molecule has 75 valence electrons. The third-order valence-corrected chi connectivity index (χ3v) is 2.40. The highest BCUT2D eigenvalue weighted by atomic mass is 127. The molecule has 0 fully saturated rings. The van der Waals surface area contributed by atoms with Crippen LogP contribution in [0.15, 0.2) is 18.2 Å². The molecule has 0 amide bonds. The monoisotopic (exact) mass is 308 g/mol. The van der Waals surface area contributed by atoms with Gasteiger partial charge in [0.2, 0.25) is 0 Å². The van der Waals surface area contributed by atoms with Gasteiger partial charge in [-0.05, 0) is 41.1 Å². The lowest BCUT2D eigenvalue weighted by atomic mass is 10.0. The number of rotatable bonds is 3. The first-order valence-electron chi connectivity index (χ1n) is 3.88. The fourth-order valence-corrected chi connectivity index (χ4v) is 1.71. The van der Waals surface area contributed by atoms with Crippen LogP contribution in [0.5, 0.6) is 0 Å². The highest BCUT2D eigenvalue weighted by Gasteiger charge is 2.12. The van der Waals surface area contributed by atoms with E-state index in [1.54, 1.807) is 6.07 Å². The summed E-state index contributed by atoms with van der Waals surface area (Å²) in [4.78, 5) is 10.0. The van der Waals surface area contributed by atoms with Crippen molar-refractivity contribution >= 4 is 28.3 Å². The molecular weight excluding hydrogens is 300 g/mol. The minimum Gasteiger partial charge on any atom is -0.258 e. The van der Waals surface area contributed by atoms with Crippen molar-refractivity contribution in [1.29, 1.82) is 0 Å². The molecule has 3 nitrogen and oxygen atoms in total. The molecule has 0 saturated heterocycles. The molecule has 0 saturated carbocycles. The van der Waals surface area contributed by atoms with Crippen molar-refractivity contribution in [2.24, 2.45) is 0 Å². The standard InChI is InChI=1S/C9H8FINO2/c1-6(5-10)7-2-8(11)4-9(3-7)12(13)14/h2-4,6H,1,5H2. The summed E-state index contributed by atoms with van der Waals surface area (Å²) in [6.07, 6.45) is 0. The number of nitrogens with zero attached hydrogens (tertiary/aromatic N) is 1. The first kappa shape index (κ1) is 11.4. The summed E-state index contributed by atoms with van der Waals surface area (Å²) in [5.41, 5.74) is 0.542. The lowest BCUT2D eigenvalue weighted by Crippen LogP contribution is -1.98. The van der Waals surface area contributed by atoms with Gasteiger partial charge in [-0.2, -0.15) is 0 Å². The number of hydrogen-bond donors (Lipinski definition) is 0. The Labute approximate surface area is 94.6 Å². The number of alkyl halides is 1. The minimum atomic E-state index is -0.614. The van der Waals surface area contributed by atoms with Gasteiger partial charge in [-0.15, -0.1) is 0 Å². The smallest absolute Gasteiger partial charge is 0.258 e. The van der Waals surface area contributed by atoms with Crippen LogP contribution in [0.25, 0.3) is 0 Å². The fraction of sp³-hybridized carbons (Fsp3) is 0.222. The molecule has 0 spiro atoms. The highest BCUT2D eigenvalue weighted by molar-refractivity contribution is 14.1. The Kier molecular flexibility index (Phi) is 3.79. The number of non-ortho nitro benzene ring substituents is 1. The average Bonchev–Trinajstić information content (AvgIpc) is 2.15. The van der Waals surface area contributed by atoms with Gasteiger partial charge in [0.05, 0.1) is 11.6 Å². The number of nitro benzene ring substituents is 1. The summed E-state index contributed by atoms with van der Waals surface area (Å²) < 4.78 is 13.0. The molecule has 0 heterocycles. The van der Waals surface area contributed by atoms with Gasteiger partial charge in [0.15, 0.2) is 0 Å². The number of hydrogen-bond acceptors (Lipinski definition) is 2. The molecule has 0 aliphatic rings. The Morgan fingerprint density at radius 1 is 1.57 bits per heavy atom. The van der Waals surface area contributed by atoms with E-state index in [4.69, 9.17) is 0 Å². The van der Waals surface area contributed by atoms with Crippen LogP contribution < -0.4 is 0 Å². The zero-order valence-corrected chi connectivity index (χ0v) is 9.40. The van der Waals surface area contributed by atoms with Gasteiger partial charge in [0, 0.05) is 21.6 Å². The van der Waals surface area contributed by atoms with E-state index in [-0.39, 0.29) is 5.69 Å². The lowest BCUT2D eigenvalue weighted by Gasteiger charge is -2.06. The minimum absolute atomic E-state index is 0.0194. The first-order chi connectivity index (χ1) is 6.54. The molecule has 14 heavy (non-hydrogen) atoms. The van der Waals surface area contributed by atoms with Crippen molar-refractivity contribution in [3.05, 3.63) is 44.4 Å². The maximum absolute atomic E-state index is 12.3. The number of halogens is 2. The van der Waals surface area contributed by atoms with Gasteiger partial charge in [-0.1, -0.05) is 0 Å². The van der Waals surface area contributed by atoms with E-state index in [0.29, 0.717) is 9.13 Å². The molecule has 0 bridgehead atoms. The van der Waals surface area contributed by atoms with Crippen LogP contribution in [-0.4, -0.2) is 11.6 Å². The second kappa shape index (κ2) is 4.68. The molecular formula is C9H8FINO2. The summed E-state index contributed by atoms with van der Waals surface area (Å²) in [5, 5.41) is 10.5. The Hall–Kier alpha value is -0.720. The molecule has 1 rings (SSSR count). The molecule has 1 unspecified atom stereocenters. The summed E-state index contributed by atoms with van der Waals surface area (Å²) in [5.74, 6) is -0.539. The van der Waals surface area contributed by atoms with Crippen molar-refractivity contribution < 1.29 is 9.31 Å². The van der Waals surface area contributed by atoms with Crippen molar-refractivity contribution in [3.8, 4) is 0 Å². The first-order valence-corrected chi connectivity index (χ1v) is 4.96. The van der Waals surface area contributed by atoms with Crippen LogP contribution in [-0.2, 0) is 0 Å². The van der Waals surface area contributed by atoms with Crippen molar-refractivity contribution in [3.63, 3.8) is 0 Å². The van der Waals surface area contributed by atoms with Crippen LogP contribution in [0.2, 0.25) is 0 Å². The summed E-state index contributed by atoms with van der Waals surface area (Å²) in [7, 11) is 0. The van der Waals surface area contributed by atoms with E-state index in [2.05, 4.69) is 6.92 Å². The Morgan fingerprint density at radius 3 is 2.71 bits per heavy atom. The van der Waals surface area contributed by atoms with Crippen LogP contribution in [0.3, 0.4) is 0 Å². The van der Waals surface area contributed by atoms with Gasteiger partial charge >= 0.3 is 0 Å². The fourth-order valence-electron chi connectivity index (χ4n) is 1.03. The van der Waals surface area contributed by atoms with Crippen molar-refractivity contribution in [2.45, 2.75) is 5.92 Å². The largest absolute Gasteiger partial charge is 0.270 e. The normalized spacial score (nSPS) is 12.5. The molecule has 1 aromatic carbocycles. The average molecular weight is 308 g/mol. The quantitative estimate of drug-likeness (QED) is 0.489. The van der Waals surface area contributed by atoms with Crippen LogP contribution >= 0.6 is 22.6 Å². The summed E-state index contributed by atoms with van der Waals surface area (Å²) in [6, 6.07) is 4.50. The third kappa shape index (κ3) is 2.63. The molecule has 1 radical (unpaired) electrons. The van der Waals surface area contributed by atoms with Gasteiger partial charge in [-0.25, -0.2) is 0 Å². The van der Waals surface area contributed by atoms with Crippen LogP contribution in [0.1, 0.15) is 11.5 Å². The van der Waals surface area contributed by atoms with Crippen molar-refractivity contribution in [1.82, 2.24) is 0 Å². The van der Waals surface area contributed by atoms with Crippen LogP contribution in [0.4, 0.5) is 10.1 Å². The predicted octanol–water partition coefficient (Wildman–Crippen LogP) is 3.09. The van der Waals surface area contributed by atoms with E-state index < -0.39 is 17.5 Å². The van der Waals surface area contributed by atoms with E-state index >= 15 is 0 Å². The molecule has 0 aromatic heterocycles. The Morgan fingerprint density at radius 2 is 2.21 bits per heavy atom. The second-order valence-corrected chi connectivity index (χ2v) is 4.10. The summed E-state index contributed by atoms with van der Waals surface area (Å²) in [6.45, 7) is 2.95. The molecule has 0 N–H and O–H groups in total. The topological polar surface area (TPSA) is 43.1 Å². The van der Waals surface area contributed by atoms with Gasteiger partial charge < -0.3 is 0 Å². The van der Waals surface area contributed by atoms with Crippen molar-refractivity contribution in [2.75, 3.05) is 6.67 Å². The zero-order valence-electron chi connectivity index (χ0n) is 7.24. The number of nitro groups is 1. The SMILES string of the molecule is [CH2]C(CF)c1cc(I)cc([N+](=O)[O-])c1. The number of benzene rings is 1. The van der Waals surface area contributed by atoms with Crippen LogP contribution in [0, 0.1) is 20.6 Å².